The third-order valence-corrected chi connectivity index (χ3v) is 3.17. The highest BCUT2D eigenvalue weighted by molar-refractivity contribution is 5.02. The summed E-state index contributed by atoms with van der Waals surface area (Å²) >= 11 is 0. The molecule has 0 amide bonds. The van der Waals surface area contributed by atoms with Gasteiger partial charge in [0.05, 0.1) is 0 Å². The maximum absolute atomic E-state index is 8.64. The monoisotopic (exact) mass is 252 g/mol. The van der Waals surface area contributed by atoms with Crippen molar-refractivity contribution in [1.29, 1.82) is 0 Å². The second-order valence-electron chi connectivity index (χ2n) is 4.89. The van der Waals surface area contributed by atoms with Gasteiger partial charge in [-0.1, -0.05) is 64.3 Å². The molecule has 0 saturated carbocycles. The molecule has 0 unspecified atom stereocenters. The molecular weight excluding hydrogens is 222 g/mol. The first kappa shape index (κ1) is 17.5. The van der Waals surface area contributed by atoms with E-state index in [1.807, 2.05) is 0 Å². The fourth-order valence-corrected chi connectivity index (χ4v) is 2.07. The molecule has 18 heavy (non-hydrogen) atoms. The molecular formula is C16H30NO-. The van der Waals surface area contributed by atoms with E-state index in [0.29, 0.717) is 6.61 Å². The summed E-state index contributed by atoms with van der Waals surface area (Å²) in [6, 6.07) is 0. The van der Waals surface area contributed by atoms with Crippen LogP contribution in [0, 0.1) is 11.8 Å². The van der Waals surface area contributed by atoms with Gasteiger partial charge in [-0.05, 0) is 12.8 Å². The van der Waals surface area contributed by atoms with Crippen LogP contribution in [0.4, 0.5) is 0 Å². The molecule has 0 heterocycles. The van der Waals surface area contributed by atoms with Crippen molar-refractivity contribution in [2.24, 2.45) is 0 Å². The van der Waals surface area contributed by atoms with Crippen LogP contribution in [0.5, 0.6) is 0 Å². The Balaban J connectivity index is 2.94. The topological polar surface area (TPSA) is 44.0 Å². The van der Waals surface area contributed by atoms with E-state index >= 15 is 0 Å². The summed E-state index contributed by atoms with van der Waals surface area (Å²) in [7, 11) is 0. The lowest BCUT2D eigenvalue weighted by Gasteiger charge is -2.01. The van der Waals surface area contributed by atoms with Gasteiger partial charge in [-0.25, -0.2) is 0 Å². The molecule has 0 saturated heterocycles. The van der Waals surface area contributed by atoms with Crippen molar-refractivity contribution in [3.8, 4) is 11.8 Å². The van der Waals surface area contributed by atoms with Crippen molar-refractivity contribution in [3.05, 3.63) is 5.73 Å². The van der Waals surface area contributed by atoms with Crippen LogP contribution in [0.2, 0.25) is 0 Å². The van der Waals surface area contributed by atoms with Crippen LogP contribution in [-0.2, 0) is 0 Å². The van der Waals surface area contributed by atoms with Crippen LogP contribution in [0.15, 0.2) is 0 Å². The number of rotatable bonds is 12. The first-order chi connectivity index (χ1) is 8.91. The van der Waals surface area contributed by atoms with Gasteiger partial charge < -0.3 is 10.8 Å². The zero-order chi connectivity index (χ0) is 13.3. The number of aliphatic hydroxyl groups excluding tert-OH is 1. The van der Waals surface area contributed by atoms with Crippen LogP contribution >= 0.6 is 0 Å². The molecule has 0 fully saturated rings. The van der Waals surface area contributed by atoms with E-state index < -0.39 is 0 Å². The molecule has 0 rings (SSSR count). The Morgan fingerprint density at radius 1 is 0.611 bits per heavy atom. The van der Waals surface area contributed by atoms with E-state index in [2.05, 4.69) is 11.8 Å². The minimum atomic E-state index is 0.248. The van der Waals surface area contributed by atoms with Crippen LogP contribution < -0.4 is 0 Å². The van der Waals surface area contributed by atoms with Crippen molar-refractivity contribution in [2.75, 3.05) is 13.2 Å². The Morgan fingerprint density at radius 3 is 1.50 bits per heavy atom. The molecule has 0 aliphatic rings. The highest BCUT2D eigenvalue weighted by atomic mass is 16.2. The number of aliphatic hydroxyl groups is 1. The molecule has 2 N–H and O–H groups in total. The number of nitrogens with one attached hydrogen (secondary N) is 1. The third kappa shape index (κ3) is 15.5. The largest absolute Gasteiger partial charge is 0.667 e. The minimum Gasteiger partial charge on any atom is -0.667 e. The fourth-order valence-electron chi connectivity index (χ4n) is 2.07. The second-order valence-corrected chi connectivity index (χ2v) is 4.89. The quantitative estimate of drug-likeness (QED) is 0.396. The van der Waals surface area contributed by atoms with E-state index in [4.69, 9.17) is 10.8 Å². The lowest BCUT2D eigenvalue weighted by atomic mass is 10.1. The van der Waals surface area contributed by atoms with Gasteiger partial charge in [0.15, 0.2) is 0 Å². The lowest BCUT2D eigenvalue weighted by Crippen LogP contribution is -1.84. The Kier molecular flexibility index (Phi) is 16.0. The van der Waals surface area contributed by atoms with E-state index in [-0.39, 0.29) is 6.54 Å². The van der Waals surface area contributed by atoms with Crippen LogP contribution in [0.3, 0.4) is 0 Å². The van der Waals surface area contributed by atoms with Crippen molar-refractivity contribution in [1.82, 2.24) is 0 Å². The summed E-state index contributed by atoms with van der Waals surface area (Å²) in [6.07, 6.45) is 15.1. The molecule has 0 atom stereocenters. The highest BCUT2D eigenvalue weighted by Crippen LogP contribution is 2.11. The smallest absolute Gasteiger partial charge is 0.0431 e. The lowest BCUT2D eigenvalue weighted by molar-refractivity contribution is 0.282. The standard InChI is InChI=1S/C16H30NO/c17-15-13-11-9-7-5-3-1-2-4-6-8-10-12-14-16-18/h17-18H,1-10,12,14-16H2/q-1. The molecule has 0 spiro atoms. The molecule has 0 radical (unpaired) electrons. The predicted molar refractivity (Wildman–Crippen MR) is 79.5 cm³/mol. The van der Waals surface area contributed by atoms with Gasteiger partial charge in [0.2, 0.25) is 0 Å². The van der Waals surface area contributed by atoms with Gasteiger partial charge in [-0.2, -0.15) is 0 Å². The number of unbranched alkanes of at least 4 members (excludes halogenated alkanes) is 11. The van der Waals surface area contributed by atoms with Crippen LogP contribution in [0.1, 0.15) is 77.0 Å². The maximum atomic E-state index is 8.64. The number of hydrogen-bond acceptors (Lipinski definition) is 1. The highest BCUT2D eigenvalue weighted by Gasteiger charge is 1.92. The first-order valence-electron chi connectivity index (χ1n) is 7.63. The van der Waals surface area contributed by atoms with Crippen molar-refractivity contribution in [2.45, 2.75) is 77.0 Å². The van der Waals surface area contributed by atoms with Crippen LogP contribution in [-0.4, -0.2) is 18.3 Å². The van der Waals surface area contributed by atoms with E-state index in [1.54, 1.807) is 0 Å². The molecule has 0 aromatic heterocycles. The Labute approximate surface area is 113 Å². The summed E-state index contributed by atoms with van der Waals surface area (Å²) in [5.41, 5.74) is 6.88. The van der Waals surface area contributed by atoms with E-state index in [9.17, 15) is 0 Å². The Bertz CT molecular complexity index is 205. The van der Waals surface area contributed by atoms with Gasteiger partial charge in [0.25, 0.3) is 0 Å². The van der Waals surface area contributed by atoms with Crippen molar-refractivity contribution >= 4 is 0 Å². The molecule has 0 aliphatic carbocycles. The summed E-state index contributed by atoms with van der Waals surface area (Å²) in [4.78, 5) is 0. The molecule has 106 valence electrons. The van der Waals surface area contributed by atoms with Gasteiger partial charge in [0.1, 0.15) is 0 Å². The van der Waals surface area contributed by atoms with Gasteiger partial charge >= 0.3 is 0 Å². The summed E-state index contributed by atoms with van der Waals surface area (Å²) in [6.45, 7) is 0.602. The molecule has 2 nitrogen and oxygen atoms in total. The first-order valence-corrected chi connectivity index (χ1v) is 7.63. The zero-order valence-electron chi connectivity index (χ0n) is 11.8. The summed E-state index contributed by atoms with van der Waals surface area (Å²) in [5.74, 6) is 5.80. The molecule has 0 aromatic rings. The Morgan fingerprint density at radius 2 is 1.06 bits per heavy atom. The molecule has 0 bridgehead atoms. The van der Waals surface area contributed by atoms with Crippen LogP contribution in [0.25, 0.3) is 5.73 Å². The summed E-state index contributed by atoms with van der Waals surface area (Å²) in [5, 5.41) is 8.64. The van der Waals surface area contributed by atoms with Gasteiger partial charge in [-0.3, -0.25) is 0 Å². The zero-order valence-corrected chi connectivity index (χ0v) is 11.8. The maximum Gasteiger partial charge on any atom is 0.0431 e. The SMILES string of the molecule is [NH-]CC#CCCCCCCCCCCCCCO. The number of hydrogen-bond donors (Lipinski definition) is 1. The van der Waals surface area contributed by atoms with E-state index in [0.717, 1.165) is 12.8 Å². The van der Waals surface area contributed by atoms with Gasteiger partial charge in [0, 0.05) is 13.0 Å². The average Bonchev–Trinajstić information content (AvgIpc) is 2.39. The molecule has 2 heteroatoms. The predicted octanol–water partition coefficient (Wildman–Crippen LogP) is 4.72. The minimum absolute atomic E-state index is 0.248. The molecule has 0 aliphatic heterocycles. The molecule has 0 aromatic carbocycles. The van der Waals surface area contributed by atoms with Crippen molar-refractivity contribution in [3.63, 3.8) is 0 Å². The third-order valence-electron chi connectivity index (χ3n) is 3.17. The summed E-state index contributed by atoms with van der Waals surface area (Å²) < 4.78 is 0. The van der Waals surface area contributed by atoms with Crippen molar-refractivity contribution < 1.29 is 5.11 Å². The van der Waals surface area contributed by atoms with E-state index in [1.165, 1.54) is 64.2 Å². The average molecular weight is 252 g/mol. The van der Waals surface area contributed by atoms with Gasteiger partial charge in [-0.15, -0.1) is 11.8 Å². The fraction of sp³-hybridized carbons (Fsp3) is 0.875. The normalized spacial score (nSPS) is 10.1. The Hall–Kier alpha value is -0.520. The second kappa shape index (κ2) is 16.5.